The van der Waals surface area contributed by atoms with Crippen LogP contribution >= 0.6 is 11.6 Å². The maximum Gasteiger partial charge on any atom is 0.338 e. The second kappa shape index (κ2) is 8.73. The topological polar surface area (TPSA) is 84.9 Å². The van der Waals surface area contributed by atoms with Crippen LogP contribution in [-0.2, 0) is 16.1 Å². The molecule has 3 aromatic carbocycles. The Morgan fingerprint density at radius 2 is 1.93 bits per heavy atom. The van der Waals surface area contributed by atoms with Crippen molar-refractivity contribution < 1.29 is 24.2 Å². The summed E-state index contributed by atoms with van der Waals surface area (Å²) in [4.78, 5) is 24.2. The Morgan fingerprint density at radius 3 is 2.68 bits per heavy atom. The highest BCUT2D eigenvalue weighted by molar-refractivity contribution is 6.31. The zero-order valence-electron chi connectivity index (χ0n) is 15.1. The second-order valence-electron chi connectivity index (χ2n) is 6.03. The number of carbonyl (C=O) groups is 2. The van der Waals surface area contributed by atoms with Crippen LogP contribution in [0.25, 0.3) is 10.8 Å². The Balaban J connectivity index is 1.80. The molecule has 3 rings (SSSR count). The molecular weight excluding hydrogens is 382 g/mol. The number of hydrogen-bond donors (Lipinski definition) is 2. The number of nitrogens with one attached hydrogen (secondary N) is 1. The van der Waals surface area contributed by atoms with E-state index in [-0.39, 0.29) is 19.1 Å². The Bertz CT molecular complexity index is 1030. The van der Waals surface area contributed by atoms with Gasteiger partial charge >= 0.3 is 5.97 Å². The van der Waals surface area contributed by atoms with Crippen molar-refractivity contribution in [3.63, 3.8) is 0 Å². The van der Waals surface area contributed by atoms with E-state index in [0.717, 1.165) is 0 Å². The van der Waals surface area contributed by atoms with Crippen LogP contribution in [0.1, 0.15) is 15.9 Å². The molecule has 0 heterocycles. The van der Waals surface area contributed by atoms with Gasteiger partial charge in [-0.15, -0.1) is 0 Å². The fraction of sp³-hybridized carbons (Fsp3) is 0.143. The van der Waals surface area contributed by atoms with Gasteiger partial charge in [0.25, 0.3) is 5.91 Å². The van der Waals surface area contributed by atoms with Gasteiger partial charge in [-0.1, -0.05) is 23.7 Å². The van der Waals surface area contributed by atoms with E-state index >= 15 is 0 Å². The molecule has 28 heavy (non-hydrogen) atoms. The van der Waals surface area contributed by atoms with Crippen LogP contribution in [0.15, 0.2) is 54.6 Å². The largest absolute Gasteiger partial charge is 0.483 e. The highest BCUT2D eigenvalue weighted by Crippen LogP contribution is 2.30. The third-order valence-corrected chi connectivity index (χ3v) is 4.28. The van der Waals surface area contributed by atoms with E-state index in [4.69, 9.17) is 21.1 Å². The van der Waals surface area contributed by atoms with E-state index in [0.29, 0.717) is 38.4 Å². The SMILES string of the molecule is COC(=O)c1cc(OCC(=O)Nc2cccc(CO)c2)c2ccc(Cl)cc2c1. The van der Waals surface area contributed by atoms with Crippen LogP contribution < -0.4 is 10.1 Å². The van der Waals surface area contributed by atoms with Crippen molar-refractivity contribution in [2.75, 3.05) is 19.0 Å². The summed E-state index contributed by atoms with van der Waals surface area (Å²) >= 11 is 6.04. The van der Waals surface area contributed by atoms with E-state index < -0.39 is 5.97 Å². The van der Waals surface area contributed by atoms with Crippen LogP contribution in [0.2, 0.25) is 5.02 Å². The van der Waals surface area contributed by atoms with Gasteiger partial charge in [-0.25, -0.2) is 4.79 Å². The number of carbonyl (C=O) groups excluding carboxylic acids is 2. The molecule has 0 aromatic heterocycles. The van der Waals surface area contributed by atoms with Crippen molar-refractivity contribution in [1.29, 1.82) is 0 Å². The Kier molecular flexibility index (Phi) is 6.13. The number of amides is 1. The quantitative estimate of drug-likeness (QED) is 0.616. The monoisotopic (exact) mass is 399 g/mol. The molecule has 2 N–H and O–H groups in total. The second-order valence-corrected chi connectivity index (χ2v) is 6.46. The van der Waals surface area contributed by atoms with Gasteiger partial charge in [0, 0.05) is 16.1 Å². The van der Waals surface area contributed by atoms with Crippen LogP contribution in [0.3, 0.4) is 0 Å². The van der Waals surface area contributed by atoms with Gasteiger partial charge < -0.3 is 19.9 Å². The molecule has 0 radical (unpaired) electrons. The minimum Gasteiger partial charge on any atom is -0.483 e. The van der Waals surface area contributed by atoms with E-state index in [1.165, 1.54) is 13.2 Å². The summed E-state index contributed by atoms with van der Waals surface area (Å²) < 4.78 is 10.4. The molecule has 0 fully saturated rings. The average Bonchev–Trinajstić information content (AvgIpc) is 2.70. The molecule has 7 heteroatoms. The number of aliphatic hydroxyl groups is 1. The molecule has 144 valence electrons. The number of esters is 1. The van der Waals surface area contributed by atoms with E-state index in [1.54, 1.807) is 48.5 Å². The van der Waals surface area contributed by atoms with Gasteiger partial charge in [0.15, 0.2) is 6.61 Å². The lowest BCUT2D eigenvalue weighted by Gasteiger charge is -2.12. The summed E-state index contributed by atoms with van der Waals surface area (Å²) in [6.07, 6.45) is 0. The third kappa shape index (κ3) is 4.60. The molecule has 3 aromatic rings. The first-order chi connectivity index (χ1) is 13.5. The van der Waals surface area contributed by atoms with Crippen molar-refractivity contribution >= 4 is 39.9 Å². The van der Waals surface area contributed by atoms with Crippen molar-refractivity contribution in [3.05, 3.63) is 70.7 Å². The smallest absolute Gasteiger partial charge is 0.338 e. The lowest BCUT2D eigenvalue weighted by molar-refractivity contribution is -0.118. The fourth-order valence-electron chi connectivity index (χ4n) is 2.75. The summed E-state index contributed by atoms with van der Waals surface area (Å²) in [6, 6.07) is 15.2. The summed E-state index contributed by atoms with van der Waals surface area (Å²) in [5.74, 6) is -0.522. The lowest BCUT2D eigenvalue weighted by atomic mass is 10.1. The van der Waals surface area contributed by atoms with Crippen LogP contribution in [0, 0.1) is 0 Å². The predicted molar refractivity (Wildman–Crippen MR) is 107 cm³/mol. The average molecular weight is 400 g/mol. The maximum atomic E-state index is 12.2. The number of halogens is 1. The van der Waals surface area contributed by atoms with Gasteiger partial charge in [-0.3, -0.25) is 4.79 Å². The first kappa shape index (κ1) is 19.7. The molecule has 6 nitrogen and oxygen atoms in total. The summed E-state index contributed by atoms with van der Waals surface area (Å²) in [5, 5.41) is 13.8. The third-order valence-electron chi connectivity index (χ3n) is 4.05. The van der Waals surface area contributed by atoms with Gasteiger partial charge in [0.05, 0.1) is 19.3 Å². The summed E-state index contributed by atoms with van der Waals surface area (Å²) in [5.41, 5.74) is 1.54. The van der Waals surface area contributed by atoms with Gasteiger partial charge in [-0.05, 0) is 53.4 Å². The number of anilines is 1. The van der Waals surface area contributed by atoms with Crippen molar-refractivity contribution in [2.45, 2.75) is 6.61 Å². The molecule has 0 aliphatic heterocycles. The molecule has 0 aliphatic carbocycles. The molecule has 0 spiro atoms. The van der Waals surface area contributed by atoms with Gasteiger partial charge in [0.2, 0.25) is 0 Å². The number of hydrogen-bond acceptors (Lipinski definition) is 5. The number of benzene rings is 3. The maximum absolute atomic E-state index is 12.2. The zero-order valence-corrected chi connectivity index (χ0v) is 15.8. The lowest BCUT2D eigenvalue weighted by Crippen LogP contribution is -2.20. The molecule has 0 aliphatic rings. The standard InChI is InChI=1S/C21H18ClNO5/c1-27-21(26)15-8-14-9-16(22)5-6-18(14)19(10-15)28-12-20(25)23-17-4-2-3-13(7-17)11-24/h2-10,24H,11-12H2,1H3,(H,23,25). The number of methoxy groups -OCH3 is 1. The minimum atomic E-state index is -0.517. The van der Waals surface area contributed by atoms with E-state index in [9.17, 15) is 14.7 Å². The number of rotatable bonds is 6. The first-order valence-corrected chi connectivity index (χ1v) is 8.82. The van der Waals surface area contributed by atoms with Crippen molar-refractivity contribution in [1.82, 2.24) is 0 Å². The first-order valence-electron chi connectivity index (χ1n) is 8.44. The van der Waals surface area contributed by atoms with E-state index in [2.05, 4.69) is 5.32 Å². The van der Waals surface area contributed by atoms with Gasteiger partial charge in [-0.2, -0.15) is 0 Å². The molecule has 1 amide bonds. The number of ether oxygens (including phenoxy) is 2. The molecule has 0 atom stereocenters. The molecular formula is C21H18ClNO5. The zero-order chi connectivity index (χ0) is 20.1. The Labute approximate surface area is 166 Å². The molecule has 0 saturated heterocycles. The van der Waals surface area contributed by atoms with Crippen LogP contribution in [0.5, 0.6) is 5.75 Å². The Hall–Kier alpha value is -3.09. The summed E-state index contributed by atoms with van der Waals surface area (Å²) in [6.45, 7) is -0.374. The van der Waals surface area contributed by atoms with Crippen LogP contribution in [0.4, 0.5) is 5.69 Å². The molecule has 0 saturated carbocycles. The molecule has 0 bridgehead atoms. The van der Waals surface area contributed by atoms with Gasteiger partial charge in [0.1, 0.15) is 5.75 Å². The van der Waals surface area contributed by atoms with Crippen molar-refractivity contribution in [2.24, 2.45) is 0 Å². The van der Waals surface area contributed by atoms with Crippen LogP contribution in [-0.4, -0.2) is 30.7 Å². The predicted octanol–water partition coefficient (Wildman–Crippen LogP) is 3.79. The highest BCUT2D eigenvalue weighted by atomic mass is 35.5. The Morgan fingerprint density at radius 1 is 1.11 bits per heavy atom. The number of fused-ring (bicyclic) bond motifs is 1. The van der Waals surface area contributed by atoms with Crippen molar-refractivity contribution in [3.8, 4) is 5.75 Å². The summed E-state index contributed by atoms with van der Waals surface area (Å²) in [7, 11) is 1.29. The molecule has 0 unspecified atom stereocenters. The van der Waals surface area contributed by atoms with E-state index in [1.807, 2.05) is 0 Å². The normalized spacial score (nSPS) is 10.5. The number of aliphatic hydroxyl groups excluding tert-OH is 1. The fourth-order valence-corrected chi connectivity index (χ4v) is 2.93. The minimum absolute atomic E-state index is 0.116. The highest BCUT2D eigenvalue weighted by Gasteiger charge is 2.13.